The number of carbonyl (C=O) groups excluding carboxylic acids is 1. The van der Waals surface area contributed by atoms with Gasteiger partial charge in [-0.05, 0) is 49.1 Å². The van der Waals surface area contributed by atoms with Crippen molar-refractivity contribution < 1.29 is 4.79 Å². The van der Waals surface area contributed by atoms with Crippen LogP contribution >= 0.6 is 11.9 Å². The van der Waals surface area contributed by atoms with Crippen molar-refractivity contribution in [1.29, 1.82) is 0 Å². The number of para-hydroxylation sites is 1. The van der Waals surface area contributed by atoms with Crippen molar-refractivity contribution in [1.82, 2.24) is 0 Å². The molecule has 19 heavy (non-hydrogen) atoms. The number of ketones is 1. The molecular weight excluding hydrogens is 254 g/mol. The third-order valence-corrected chi connectivity index (χ3v) is 4.40. The molecule has 1 aliphatic heterocycles. The second kappa shape index (κ2) is 5.10. The first-order valence-corrected chi connectivity index (χ1v) is 7.16. The molecule has 2 aromatic carbocycles. The number of fused-ring (bicyclic) bond motifs is 1. The SMILES string of the molecule is CC(=O)c1ccc(SN2CCc3ccccc32)cc1. The van der Waals surface area contributed by atoms with Gasteiger partial charge in [0.15, 0.2) is 5.78 Å². The van der Waals surface area contributed by atoms with Crippen LogP contribution in [0.25, 0.3) is 0 Å². The number of hydrogen-bond donors (Lipinski definition) is 0. The van der Waals surface area contributed by atoms with Crippen LogP contribution in [0, 0.1) is 0 Å². The molecule has 96 valence electrons. The molecule has 2 aromatic rings. The molecule has 0 saturated carbocycles. The number of carbonyl (C=O) groups is 1. The third-order valence-electron chi connectivity index (χ3n) is 3.32. The molecule has 0 radical (unpaired) electrons. The Morgan fingerprint density at radius 1 is 1.11 bits per heavy atom. The Kier molecular flexibility index (Phi) is 3.30. The summed E-state index contributed by atoms with van der Waals surface area (Å²) in [7, 11) is 0. The summed E-state index contributed by atoms with van der Waals surface area (Å²) < 4.78 is 2.32. The van der Waals surface area contributed by atoms with Gasteiger partial charge < -0.3 is 4.31 Å². The summed E-state index contributed by atoms with van der Waals surface area (Å²) in [6.45, 7) is 2.64. The van der Waals surface area contributed by atoms with Gasteiger partial charge in [0, 0.05) is 17.0 Å². The molecule has 3 heteroatoms. The predicted octanol–water partition coefficient (Wildman–Crippen LogP) is 3.96. The fourth-order valence-electron chi connectivity index (χ4n) is 2.28. The number of nitrogens with zero attached hydrogens (tertiary/aromatic N) is 1. The maximum atomic E-state index is 11.2. The summed E-state index contributed by atoms with van der Waals surface area (Å²) in [5.41, 5.74) is 3.49. The lowest BCUT2D eigenvalue weighted by Gasteiger charge is -2.17. The molecule has 1 heterocycles. The number of anilines is 1. The average molecular weight is 269 g/mol. The van der Waals surface area contributed by atoms with Crippen LogP contribution in [0.15, 0.2) is 53.4 Å². The minimum atomic E-state index is 0.114. The molecule has 0 aromatic heterocycles. The van der Waals surface area contributed by atoms with Crippen molar-refractivity contribution in [2.75, 3.05) is 10.8 Å². The van der Waals surface area contributed by atoms with E-state index in [0.717, 1.165) is 18.5 Å². The summed E-state index contributed by atoms with van der Waals surface area (Å²) in [5, 5.41) is 0. The van der Waals surface area contributed by atoms with E-state index in [1.54, 1.807) is 18.9 Å². The second-order valence-electron chi connectivity index (χ2n) is 4.65. The van der Waals surface area contributed by atoms with E-state index in [0.29, 0.717) is 0 Å². The highest BCUT2D eigenvalue weighted by molar-refractivity contribution is 8.00. The molecule has 2 nitrogen and oxygen atoms in total. The standard InChI is InChI=1S/C16H15NOS/c1-12(18)13-6-8-15(9-7-13)19-17-11-10-14-4-2-3-5-16(14)17/h2-9H,10-11H2,1H3. The highest BCUT2D eigenvalue weighted by atomic mass is 32.2. The van der Waals surface area contributed by atoms with Gasteiger partial charge in [0.2, 0.25) is 0 Å². The summed E-state index contributed by atoms with van der Waals surface area (Å²) in [6.07, 6.45) is 1.11. The molecule has 1 aliphatic rings. The Hall–Kier alpha value is -1.74. The third kappa shape index (κ3) is 2.51. The fraction of sp³-hybridized carbons (Fsp3) is 0.188. The van der Waals surface area contributed by atoms with E-state index in [1.807, 2.05) is 24.3 Å². The van der Waals surface area contributed by atoms with Gasteiger partial charge in [-0.25, -0.2) is 0 Å². The van der Waals surface area contributed by atoms with Gasteiger partial charge >= 0.3 is 0 Å². The van der Waals surface area contributed by atoms with Gasteiger partial charge in [-0.15, -0.1) is 0 Å². The molecule has 0 bridgehead atoms. The summed E-state index contributed by atoms with van der Waals surface area (Å²) in [4.78, 5) is 12.4. The van der Waals surface area contributed by atoms with Crippen molar-refractivity contribution in [3.8, 4) is 0 Å². The van der Waals surface area contributed by atoms with Gasteiger partial charge in [0.1, 0.15) is 0 Å². The summed E-state index contributed by atoms with van der Waals surface area (Å²) in [5.74, 6) is 0.114. The molecule has 3 rings (SSSR count). The first-order chi connectivity index (χ1) is 9.24. The van der Waals surface area contributed by atoms with Crippen molar-refractivity contribution in [3.05, 3.63) is 59.7 Å². The molecular formula is C16H15NOS. The van der Waals surface area contributed by atoms with E-state index in [9.17, 15) is 4.79 Å². The van der Waals surface area contributed by atoms with Gasteiger partial charge in [0.05, 0.1) is 5.69 Å². The molecule has 0 aliphatic carbocycles. The zero-order valence-corrected chi connectivity index (χ0v) is 11.6. The summed E-state index contributed by atoms with van der Waals surface area (Å²) in [6, 6.07) is 16.4. The smallest absolute Gasteiger partial charge is 0.159 e. The van der Waals surface area contributed by atoms with Crippen LogP contribution in [0.4, 0.5) is 5.69 Å². The van der Waals surface area contributed by atoms with Crippen LogP contribution in [-0.4, -0.2) is 12.3 Å². The van der Waals surface area contributed by atoms with Crippen LogP contribution in [-0.2, 0) is 6.42 Å². The molecule has 0 amide bonds. The van der Waals surface area contributed by atoms with Crippen molar-refractivity contribution in [3.63, 3.8) is 0 Å². The lowest BCUT2D eigenvalue weighted by Crippen LogP contribution is -2.09. The Balaban J connectivity index is 1.78. The van der Waals surface area contributed by atoms with Crippen LogP contribution in [0.2, 0.25) is 0 Å². The number of hydrogen-bond acceptors (Lipinski definition) is 3. The molecule has 0 unspecified atom stereocenters. The molecule has 0 N–H and O–H groups in total. The average Bonchev–Trinajstić information content (AvgIpc) is 2.83. The highest BCUT2D eigenvalue weighted by Crippen LogP contribution is 2.36. The largest absolute Gasteiger partial charge is 0.312 e. The first kappa shape index (κ1) is 12.3. The second-order valence-corrected chi connectivity index (χ2v) is 5.75. The zero-order valence-electron chi connectivity index (χ0n) is 10.8. The monoisotopic (exact) mass is 269 g/mol. The minimum Gasteiger partial charge on any atom is -0.312 e. The van der Waals surface area contributed by atoms with Crippen LogP contribution in [0.3, 0.4) is 0 Å². The molecule has 0 saturated heterocycles. The van der Waals surface area contributed by atoms with Gasteiger partial charge in [-0.1, -0.05) is 30.3 Å². The molecule has 0 atom stereocenters. The summed E-state index contributed by atoms with van der Waals surface area (Å²) >= 11 is 1.74. The number of benzene rings is 2. The maximum Gasteiger partial charge on any atom is 0.159 e. The van der Waals surface area contributed by atoms with Gasteiger partial charge in [-0.3, -0.25) is 4.79 Å². The van der Waals surface area contributed by atoms with E-state index in [4.69, 9.17) is 0 Å². The minimum absolute atomic E-state index is 0.114. The van der Waals surface area contributed by atoms with E-state index >= 15 is 0 Å². The Morgan fingerprint density at radius 2 is 1.84 bits per heavy atom. The molecule has 0 spiro atoms. The van der Waals surface area contributed by atoms with E-state index < -0.39 is 0 Å². The van der Waals surface area contributed by atoms with Gasteiger partial charge in [-0.2, -0.15) is 0 Å². The van der Waals surface area contributed by atoms with Crippen LogP contribution in [0.1, 0.15) is 22.8 Å². The lowest BCUT2D eigenvalue weighted by atomic mass is 10.2. The highest BCUT2D eigenvalue weighted by Gasteiger charge is 2.19. The molecule has 0 fully saturated rings. The quantitative estimate of drug-likeness (QED) is 0.621. The maximum absolute atomic E-state index is 11.2. The Bertz CT molecular complexity index is 606. The zero-order chi connectivity index (χ0) is 13.2. The van der Waals surface area contributed by atoms with Crippen LogP contribution < -0.4 is 4.31 Å². The van der Waals surface area contributed by atoms with E-state index in [1.165, 1.54) is 16.1 Å². The fourth-order valence-corrected chi connectivity index (χ4v) is 3.25. The Morgan fingerprint density at radius 3 is 2.58 bits per heavy atom. The predicted molar refractivity (Wildman–Crippen MR) is 79.8 cm³/mol. The van der Waals surface area contributed by atoms with Crippen molar-refractivity contribution in [2.24, 2.45) is 0 Å². The topological polar surface area (TPSA) is 20.3 Å². The van der Waals surface area contributed by atoms with Crippen LogP contribution in [0.5, 0.6) is 0 Å². The van der Waals surface area contributed by atoms with Gasteiger partial charge in [0.25, 0.3) is 0 Å². The number of Topliss-reactive ketones (excluding diaryl/α,β-unsaturated/α-hetero) is 1. The van der Waals surface area contributed by atoms with E-state index in [2.05, 4.69) is 28.6 Å². The normalized spacial score (nSPS) is 13.4. The van der Waals surface area contributed by atoms with Crippen molar-refractivity contribution >= 4 is 23.4 Å². The lowest BCUT2D eigenvalue weighted by molar-refractivity contribution is 0.101. The van der Waals surface area contributed by atoms with Crippen molar-refractivity contribution in [2.45, 2.75) is 18.2 Å². The van der Waals surface area contributed by atoms with E-state index in [-0.39, 0.29) is 5.78 Å². The Labute approximate surface area is 117 Å². The first-order valence-electron chi connectivity index (χ1n) is 6.38. The number of rotatable bonds is 3.